The number of hydrogen-bond acceptors (Lipinski definition) is 3. The third kappa shape index (κ3) is 6.34. The van der Waals surface area contributed by atoms with E-state index in [1.165, 1.54) is 0 Å². The molecule has 1 N–H and O–H groups in total. The first kappa shape index (κ1) is 24.9. The summed E-state index contributed by atoms with van der Waals surface area (Å²) in [7, 11) is 0. The van der Waals surface area contributed by atoms with E-state index in [9.17, 15) is 9.90 Å². The van der Waals surface area contributed by atoms with Crippen molar-refractivity contribution < 1.29 is 9.90 Å². The van der Waals surface area contributed by atoms with Crippen LogP contribution in [0.1, 0.15) is 22.3 Å². The maximum atomic E-state index is 14.5. The van der Waals surface area contributed by atoms with Gasteiger partial charge in [0.2, 0.25) is 5.91 Å². The lowest BCUT2D eigenvalue weighted by Gasteiger charge is -2.34. The van der Waals surface area contributed by atoms with Gasteiger partial charge in [-0.05, 0) is 35.1 Å². The lowest BCUT2D eigenvalue weighted by molar-refractivity contribution is -0.139. The average molecular weight is 491 g/mol. The van der Waals surface area contributed by atoms with Gasteiger partial charge in [0.05, 0.1) is 18.2 Å². The molecule has 0 aliphatic carbocycles. The van der Waals surface area contributed by atoms with Gasteiger partial charge < -0.3 is 10.0 Å². The number of benzene rings is 4. The topological polar surface area (TPSA) is 43.8 Å². The molecule has 1 aliphatic heterocycles. The minimum Gasteiger partial charge on any atom is -0.390 e. The smallest absolute Gasteiger partial charge is 0.240 e. The van der Waals surface area contributed by atoms with E-state index in [1.807, 2.05) is 77.7 Å². The van der Waals surface area contributed by atoms with Crippen LogP contribution >= 0.6 is 0 Å². The summed E-state index contributed by atoms with van der Waals surface area (Å²) in [5, 5.41) is 11.7. The number of rotatable bonds is 8. The molecule has 0 unspecified atom stereocenters. The van der Waals surface area contributed by atoms with Crippen molar-refractivity contribution in [3.63, 3.8) is 0 Å². The SMILES string of the molecule is O=C1[C@H](Cc2ccccc2)N(Cc2ccccc2)C[C@@H](O)[C@@H](Cc2ccccc2)N1Cc1ccccc1. The third-order valence-electron chi connectivity index (χ3n) is 7.26. The van der Waals surface area contributed by atoms with E-state index in [0.717, 1.165) is 22.3 Å². The maximum absolute atomic E-state index is 14.5. The van der Waals surface area contributed by atoms with Crippen LogP contribution in [0.5, 0.6) is 0 Å². The van der Waals surface area contributed by atoms with Crippen LogP contribution in [-0.2, 0) is 30.7 Å². The van der Waals surface area contributed by atoms with Crippen LogP contribution < -0.4 is 0 Å². The Hall–Kier alpha value is -3.73. The predicted molar refractivity (Wildman–Crippen MR) is 148 cm³/mol. The third-order valence-corrected chi connectivity index (χ3v) is 7.26. The molecule has 0 bridgehead atoms. The first-order valence-electron chi connectivity index (χ1n) is 13.1. The highest BCUT2D eigenvalue weighted by atomic mass is 16.3. The number of carbonyl (C=O) groups excluding carboxylic acids is 1. The summed E-state index contributed by atoms with van der Waals surface area (Å²) >= 11 is 0. The molecule has 1 amide bonds. The minimum atomic E-state index is -0.683. The Labute approximate surface area is 219 Å². The van der Waals surface area contributed by atoms with Crippen LogP contribution in [0.4, 0.5) is 0 Å². The molecule has 3 atom stereocenters. The van der Waals surface area contributed by atoms with Gasteiger partial charge in [0, 0.05) is 19.6 Å². The molecular weight excluding hydrogens is 456 g/mol. The summed E-state index contributed by atoms with van der Waals surface area (Å²) in [5.74, 6) is 0.0705. The molecule has 1 saturated heterocycles. The van der Waals surface area contributed by atoms with E-state index in [2.05, 4.69) is 53.4 Å². The van der Waals surface area contributed by atoms with E-state index in [0.29, 0.717) is 32.5 Å². The fourth-order valence-electron chi connectivity index (χ4n) is 5.33. The van der Waals surface area contributed by atoms with Gasteiger partial charge in [-0.1, -0.05) is 121 Å². The predicted octanol–water partition coefficient (Wildman–Crippen LogP) is 5.11. The van der Waals surface area contributed by atoms with Crippen molar-refractivity contribution in [1.82, 2.24) is 9.80 Å². The molecule has 4 aromatic carbocycles. The standard InChI is InChI=1S/C33H34N2O2/c36-32-25-34(23-28-17-9-3-10-18-28)31(22-27-15-7-2-8-16-27)33(37)35(24-29-19-11-4-12-20-29)30(32)21-26-13-5-1-6-14-26/h1-20,30-32,36H,21-25H2/t30-,31+,32-/m1/s1. The lowest BCUT2D eigenvalue weighted by atomic mass is 9.98. The quantitative estimate of drug-likeness (QED) is 0.373. The normalized spacial score (nSPS) is 20.5. The van der Waals surface area contributed by atoms with Crippen molar-refractivity contribution in [1.29, 1.82) is 0 Å². The molecule has 188 valence electrons. The van der Waals surface area contributed by atoms with E-state index >= 15 is 0 Å². The zero-order valence-corrected chi connectivity index (χ0v) is 21.1. The number of nitrogens with zero attached hydrogens (tertiary/aromatic N) is 2. The summed E-state index contributed by atoms with van der Waals surface area (Å²) in [5.41, 5.74) is 4.44. The summed E-state index contributed by atoms with van der Waals surface area (Å²) < 4.78 is 0. The van der Waals surface area contributed by atoms with Crippen molar-refractivity contribution in [3.05, 3.63) is 144 Å². The molecule has 0 saturated carbocycles. The van der Waals surface area contributed by atoms with Gasteiger partial charge in [0.1, 0.15) is 0 Å². The monoisotopic (exact) mass is 490 g/mol. The molecule has 0 radical (unpaired) electrons. The highest BCUT2D eigenvalue weighted by Gasteiger charge is 2.41. The Morgan fingerprint density at radius 3 is 1.54 bits per heavy atom. The van der Waals surface area contributed by atoms with Crippen molar-refractivity contribution in [2.24, 2.45) is 0 Å². The molecule has 0 aromatic heterocycles. The van der Waals surface area contributed by atoms with Crippen molar-refractivity contribution in [2.75, 3.05) is 6.54 Å². The molecule has 1 heterocycles. The summed E-state index contributed by atoms with van der Waals surface area (Å²) in [4.78, 5) is 18.6. The van der Waals surface area contributed by atoms with Crippen LogP contribution in [0.2, 0.25) is 0 Å². The Bertz CT molecular complexity index is 1250. The van der Waals surface area contributed by atoms with Crippen molar-refractivity contribution in [3.8, 4) is 0 Å². The summed E-state index contributed by atoms with van der Waals surface area (Å²) in [6.07, 6.45) is 0.526. The molecule has 1 fully saturated rings. The number of aliphatic hydroxyl groups is 1. The highest BCUT2D eigenvalue weighted by Crippen LogP contribution is 2.26. The highest BCUT2D eigenvalue weighted by molar-refractivity contribution is 5.83. The van der Waals surface area contributed by atoms with Crippen LogP contribution in [0, 0.1) is 0 Å². The first-order valence-corrected chi connectivity index (χ1v) is 13.1. The molecular formula is C33H34N2O2. The second-order valence-corrected chi connectivity index (χ2v) is 9.90. The van der Waals surface area contributed by atoms with Gasteiger partial charge in [0.25, 0.3) is 0 Å². The molecule has 5 rings (SSSR count). The number of β-amino-alcohol motifs (C(OH)–C–C–N with tert-alkyl or cyclic N) is 1. The average Bonchev–Trinajstić information content (AvgIpc) is 3.02. The van der Waals surface area contributed by atoms with Crippen LogP contribution in [0.15, 0.2) is 121 Å². The Morgan fingerprint density at radius 1 is 0.595 bits per heavy atom. The number of carbonyl (C=O) groups is 1. The van der Waals surface area contributed by atoms with Gasteiger partial charge >= 0.3 is 0 Å². The summed E-state index contributed by atoms with van der Waals surface area (Å²) in [6, 6.07) is 40.0. The molecule has 0 spiro atoms. The molecule has 4 nitrogen and oxygen atoms in total. The minimum absolute atomic E-state index is 0.0705. The van der Waals surface area contributed by atoms with Gasteiger partial charge in [-0.15, -0.1) is 0 Å². The van der Waals surface area contributed by atoms with Crippen LogP contribution in [0.25, 0.3) is 0 Å². The Balaban J connectivity index is 1.53. The first-order chi connectivity index (χ1) is 18.2. The lowest BCUT2D eigenvalue weighted by Crippen LogP contribution is -2.50. The number of amides is 1. The van der Waals surface area contributed by atoms with E-state index in [1.54, 1.807) is 0 Å². The largest absolute Gasteiger partial charge is 0.390 e. The van der Waals surface area contributed by atoms with E-state index in [-0.39, 0.29) is 18.0 Å². The summed E-state index contributed by atoms with van der Waals surface area (Å²) in [6.45, 7) is 1.51. The second-order valence-electron chi connectivity index (χ2n) is 9.90. The molecule has 1 aliphatic rings. The van der Waals surface area contributed by atoms with Crippen molar-refractivity contribution in [2.45, 2.75) is 44.1 Å². The van der Waals surface area contributed by atoms with Crippen LogP contribution in [0.3, 0.4) is 0 Å². The zero-order chi connectivity index (χ0) is 25.5. The second kappa shape index (κ2) is 12.0. The Morgan fingerprint density at radius 2 is 1.03 bits per heavy atom. The maximum Gasteiger partial charge on any atom is 0.240 e. The van der Waals surface area contributed by atoms with Crippen LogP contribution in [-0.4, -0.2) is 45.5 Å². The van der Waals surface area contributed by atoms with Crippen molar-refractivity contribution >= 4 is 5.91 Å². The number of hydrogen-bond donors (Lipinski definition) is 1. The van der Waals surface area contributed by atoms with Gasteiger partial charge in [-0.3, -0.25) is 9.69 Å². The zero-order valence-electron chi connectivity index (χ0n) is 21.1. The van der Waals surface area contributed by atoms with Gasteiger partial charge in [-0.25, -0.2) is 0 Å². The van der Waals surface area contributed by atoms with Gasteiger partial charge in [0.15, 0.2) is 0 Å². The van der Waals surface area contributed by atoms with E-state index in [4.69, 9.17) is 0 Å². The fraction of sp³-hybridized carbons (Fsp3) is 0.242. The Kier molecular flexibility index (Phi) is 8.09. The molecule has 4 aromatic rings. The molecule has 37 heavy (non-hydrogen) atoms. The van der Waals surface area contributed by atoms with Gasteiger partial charge in [-0.2, -0.15) is 0 Å². The fourth-order valence-corrected chi connectivity index (χ4v) is 5.33. The van der Waals surface area contributed by atoms with E-state index < -0.39 is 6.10 Å². The molecule has 4 heteroatoms. The number of aliphatic hydroxyl groups excluding tert-OH is 1.